The van der Waals surface area contributed by atoms with E-state index in [1.54, 1.807) is 6.20 Å². The first kappa shape index (κ1) is 30.3. The Hall–Kier alpha value is -2.91. The smallest absolute Gasteiger partial charge is 0.490 e. The third kappa shape index (κ3) is 10.2. The number of nitrogens with zero attached hydrogens (tertiary/aromatic N) is 2. The van der Waals surface area contributed by atoms with Gasteiger partial charge >= 0.3 is 24.3 Å². The van der Waals surface area contributed by atoms with Gasteiger partial charge < -0.3 is 19.7 Å². The van der Waals surface area contributed by atoms with E-state index in [4.69, 9.17) is 29.3 Å². The van der Waals surface area contributed by atoms with Gasteiger partial charge in [0.15, 0.2) is 0 Å². The molecule has 4 heterocycles. The highest BCUT2D eigenvalue weighted by molar-refractivity contribution is 7.09. The second kappa shape index (κ2) is 13.1. The van der Waals surface area contributed by atoms with Crippen molar-refractivity contribution in [1.82, 2.24) is 9.88 Å². The summed E-state index contributed by atoms with van der Waals surface area (Å²) in [6.45, 7) is 6.73. The van der Waals surface area contributed by atoms with E-state index in [0.717, 1.165) is 44.3 Å². The molecule has 0 aromatic carbocycles. The van der Waals surface area contributed by atoms with E-state index in [1.165, 1.54) is 4.88 Å². The Labute approximate surface area is 211 Å². The van der Waals surface area contributed by atoms with Crippen molar-refractivity contribution in [1.29, 1.82) is 0 Å². The van der Waals surface area contributed by atoms with Crippen LogP contribution in [0.4, 0.5) is 26.3 Å². The van der Waals surface area contributed by atoms with Gasteiger partial charge in [-0.1, -0.05) is 6.07 Å². The fraction of sp³-hybridized carbons (Fsp3) is 0.500. The van der Waals surface area contributed by atoms with Crippen LogP contribution in [0.15, 0.2) is 35.8 Å². The number of thiophene rings is 1. The van der Waals surface area contributed by atoms with Gasteiger partial charge in [-0.3, -0.25) is 9.88 Å². The number of rotatable bonds is 5. The number of halogens is 6. The average Bonchev–Trinajstić information content (AvgIpc) is 3.52. The van der Waals surface area contributed by atoms with Crippen LogP contribution < -0.4 is 4.74 Å². The Bertz CT molecular complexity index is 977. The van der Waals surface area contributed by atoms with Crippen LogP contribution in [-0.2, 0) is 20.9 Å². The van der Waals surface area contributed by atoms with E-state index in [2.05, 4.69) is 27.4 Å². The van der Waals surface area contributed by atoms with E-state index in [9.17, 15) is 26.3 Å². The van der Waals surface area contributed by atoms with Crippen molar-refractivity contribution < 1.29 is 55.6 Å². The number of carboxylic acids is 2. The normalized spacial score (nSPS) is 21.2. The quantitative estimate of drug-likeness (QED) is 0.525. The van der Waals surface area contributed by atoms with Gasteiger partial charge in [-0.25, -0.2) is 9.59 Å². The second-order valence-electron chi connectivity index (χ2n) is 8.12. The number of hydrogen-bond acceptors (Lipinski definition) is 7. The van der Waals surface area contributed by atoms with E-state index in [1.807, 2.05) is 30.4 Å². The van der Waals surface area contributed by atoms with Crippen LogP contribution in [0.3, 0.4) is 0 Å². The molecule has 0 radical (unpaired) electrons. The summed E-state index contributed by atoms with van der Waals surface area (Å²) < 4.78 is 75.4. The Morgan fingerprint density at radius 1 is 1.11 bits per heavy atom. The minimum atomic E-state index is -5.08. The van der Waals surface area contributed by atoms with E-state index < -0.39 is 24.3 Å². The number of aliphatic carboxylic acids is 2. The Balaban J connectivity index is 0.000000286. The first-order valence-electron chi connectivity index (χ1n) is 10.7. The summed E-state index contributed by atoms with van der Waals surface area (Å²) in [7, 11) is 0. The zero-order valence-corrected chi connectivity index (χ0v) is 20.1. The molecule has 0 amide bonds. The number of aryl methyl sites for hydroxylation is 1. The third-order valence-corrected chi connectivity index (χ3v) is 6.17. The maximum atomic E-state index is 10.6. The van der Waals surface area contributed by atoms with Crippen LogP contribution in [-0.4, -0.2) is 76.8 Å². The monoisotopic (exact) mass is 558 g/mol. The Kier molecular flexibility index (Phi) is 10.7. The number of ether oxygens (including phenoxy) is 2. The largest absolute Gasteiger partial charge is 0.492 e. The van der Waals surface area contributed by atoms with Gasteiger partial charge in [0.2, 0.25) is 0 Å². The van der Waals surface area contributed by atoms with Crippen molar-refractivity contribution in [3.8, 4) is 5.75 Å². The number of likely N-dealkylation sites (tertiary alicyclic amines) is 1. The summed E-state index contributed by atoms with van der Waals surface area (Å²) in [5, 5.41) is 16.4. The highest BCUT2D eigenvalue weighted by Crippen LogP contribution is 2.35. The maximum absolute atomic E-state index is 10.6. The van der Waals surface area contributed by atoms with Gasteiger partial charge in [-0.05, 0) is 30.5 Å². The summed E-state index contributed by atoms with van der Waals surface area (Å²) in [5.74, 6) is -3.59. The first-order valence-corrected chi connectivity index (χ1v) is 11.6. The van der Waals surface area contributed by atoms with Crippen molar-refractivity contribution in [3.63, 3.8) is 0 Å². The molecule has 0 aliphatic carbocycles. The average molecular weight is 558 g/mol. The van der Waals surface area contributed by atoms with E-state index in [-0.39, 0.29) is 0 Å². The van der Waals surface area contributed by atoms with Crippen LogP contribution in [0.1, 0.15) is 10.6 Å². The predicted octanol–water partition coefficient (Wildman–Crippen LogP) is 4.24. The first-order chi connectivity index (χ1) is 17.2. The molecule has 2 aromatic rings. The molecule has 0 bridgehead atoms. The molecule has 3 atom stereocenters. The molecular weight excluding hydrogens is 534 g/mol. The topological polar surface area (TPSA) is 109 Å². The van der Waals surface area contributed by atoms with Gasteiger partial charge in [0.25, 0.3) is 0 Å². The fourth-order valence-corrected chi connectivity index (χ4v) is 4.29. The summed E-state index contributed by atoms with van der Waals surface area (Å²) in [5.41, 5.74) is 1.02. The molecule has 0 saturated carbocycles. The number of carbonyl (C=O) groups is 2. The van der Waals surface area contributed by atoms with Gasteiger partial charge in [0, 0.05) is 42.0 Å². The number of alkyl halides is 6. The molecule has 2 aliphatic heterocycles. The van der Waals surface area contributed by atoms with E-state index in [0.29, 0.717) is 17.9 Å². The summed E-state index contributed by atoms with van der Waals surface area (Å²) in [6, 6.07) is 8.32. The minimum Gasteiger partial charge on any atom is -0.492 e. The molecule has 15 heteroatoms. The highest BCUT2D eigenvalue weighted by Gasteiger charge is 2.44. The molecule has 2 aliphatic rings. The zero-order chi connectivity index (χ0) is 27.8. The third-order valence-electron chi connectivity index (χ3n) is 5.31. The number of carboxylic acid groups (broad SMARTS) is 2. The molecule has 8 nitrogen and oxygen atoms in total. The van der Waals surface area contributed by atoms with Crippen molar-refractivity contribution in [2.75, 3.05) is 26.3 Å². The zero-order valence-electron chi connectivity index (χ0n) is 19.3. The molecule has 2 fully saturated rings. The molecule has 206 valence electrons. The predicted molar refractivity (Wildman–Crippen MR) is 118 cm³/mol. The lowest BCUT2D eigenvalue weighted by molar-refractivity contribution is -0.193. The van der Waals surface area contributed by atoms with Gasteiger partial charge in [-0.15, -0.1) is 11.3 Å². The molecule has 0 unspecified atom stereocenters. The number of hydrogen-bond donors (Lipinski definition) is 2. The van der Waals surface area contributed by atoms with Crippen molar-refractivity contribution in [3.05, 3.63) is 46.4 Å². The molecule has 2 saturated heterocycles. The van der Waals surface area contributed by atoms with Crippen molar-refractivity contribution >= 4 is 23.3 Å². The van der Waals surface area contributed by atoms with Crippen LogP contribution in [0, 0.1) is 18.8 Å². The summed E-state index contributed by atoms with van der Waals surface area (Å²) >= 11 is 1.83. The number of pyridine rings is 1. The maximum Gasteiger partial charge on any atom is 0.490 e. The lowest BCUT2D eigenvalue weighted by Crippen LogP contribution is -2.26. The highest BCUT2D eigenvalue weighted by atomic mass is 32.1. The molecule has 37 heavy (non-hydrogen) atoms. The van der Waals surface area contributed by atoms with Gasteiger partial charge in [0.05, 0.1) is 25.5 Å². The Morgan fingerprint density at radius 3 is 2.22 bits per heavy atom. The van der Waals surface area contributed by atoms with Gasteiger partial charge in [-0.2, -0.15) is 26.3 Å². The van der Waals surface area contributed by atoms with Crippen LogP contribution in [0.2, 0.25) is 0 Å². The Morgan fingerprint density at radius 2 is 1.73 bits per heavy atom. The SMILES string of the molecule is Cc1ccc(OC[C@@H]2CO[C@@H]3CN(Cc4cccs4)C[C@H]23)cn1.O=C(O)C(F)(F)F.O=C(O)C(F)(F)F. The van der Waals surface area contributed by atoms with Crippen molar-refractivity contribution in [2.24, 2.45) is 11.8 Å². The van der Waals surface area contributed by atoms with Crippen LogP contribution in [0.5, 0.6) is 5.75 Å². The molecule has 2 N–H and O–H groups in total. The number of fused-ring (bicyclic) bond motifs is 1. The second-order valence-corrected chi connectivity index (χ2v) is 9.15. The van der Waals surface area contributed by atoms with Crippen LogP contribution >= 0.6 is 11.3 Å². The minimum absolute atomic E-state index is 0.375. The lowest BCUT2D eigenvalue weighted by Gasteiger charge is -2.19. The lowest BCUT2D eigenvalue weighted by atomic mass is 9.94. The van der Waals surface area contributed by atoms with E-state index >= 15 is 0 Å². The summed E-state index contributed by atoms with van der Waals surface area (Å²) in [6.07, 6.45) is -7.99. The summed E-state index contributed by atoms with van der Waals surface area (Å²) in [4.78, 5) is 26.0. The molecular formula is C22H24F6N2O6S. The number of aromatic nitrogens is 1. The van der Waals surface area contributed by atoms with Crippen molar-refractivity contribution in [2.45, 2.75) is 31.9 Å². The molecule has 0 spiro atoms. The standard InChI is InChI=1S/C18H22N2O2S.2C2HF3O2/c1-13-4-5-15(7-19-13)21-11-14-12-22-18-10-20(9-17(14)18)8-16-3-2-6-23-16;2*3-2(4,5)1(6)7/h2-7,14,17-18H,8-12H2,1H3;2*(H,6,7)/t14-,17-,18-;;/m1../s1. The van der Waals surface area contributed by atoms with Gasteiger partial charge in [0.1, 0.15) is 5.75 Å². The fourth-order valence-electron chi connectivity index (χ4n) is 3.55. The molecule has 2 aromatic heterocycles. The van der Waals surface area contributed by atoms with Crippen LogP contribution in [0.25, 0.3) is 0 Å². The molecule has 4 rings (SSSR count).